The van der Waals surface area contributed by atoms with Crippen LogP contribution >= 0.6 is 0 Å². The molecule has 0 aliphatic heterocycles. The zero-order chi connectivity index (χ0) is 20.2. The van der Waals surface area contributed by atoms with E-state index in [4.69, 9.17) is 0 Å². The van der Waals surface area contributed by atoms with Crippen molar-refractivity contribution in [2.45, 2.75) is 13.1 Å². The van der Waals surface area contributed by atoms with Crippen molar-refractivity contribution in [3.63, 3.8) is 0 Å². The number of nitrogens with one attached hydrogen (secondary N) is 1. The third-order valence-electron chi connectivity index (χ3n) is 4.34. The molecule has 0 fully saturated rings. The minimum Gasteiger partial charge on any atom is -0.346 e. The first-order valence-corrected chi connectivity index (χ1v) is 8.93. The van der Waals surface area contributed by atoms with E-state index in [9.17, 15) is 13.6 Å². The lowest BCUT2D eigenvalue weighted by molar-refractivity contribution is 0.0560. The molecule has 4 aromatic rings. The SMILES string of the molecule is O=C(NCc1cn(-c2ccccc2)nc1-c1ccccc1)c1ccn(C(F)F)n1. The molecule has 0 unspecified atom stereocenters. The lowest BCUT2D eigenvalue weighted by Gasteiger charge is -2.04. The van der Waals surface area contributed by atoms with Gasteiger partial charge in [0.2, 0.25) is 0 Å². The summed E-state index contributed by atoms with van der Waals surface area (Å²) in [5.74, 6) is -0.532. The Morgan fingerprint density at radius 1 is 0.966 bits per heavy atom. The zero-order valence-electron chi connectivity index (χ0n) is 15.2. The predicted molar refractivity (Wildman–Crippen MR) is 104 cm³/mol. The van der Waals surface area contributed by atoms with E-state index in [1.807, 2.05) is 66.9 Å². The third kappa shape index (κ3) is 4.06. The molecule has 6 nitrogen and oxygen atoms in total. The average molecular weight is 393 g/mol. The number of nitrogens with zero attached hydrogens (tertiary/aromatic N) is 4. The summed E-state index contributed by atoms with van der Waals surface area (Å²) in [6.45, 7) is -2.61. The van der Waals surface area contributed by atoms with E-state index >= 15 is 0 Å². The summed E-state index contributed by atoms with van der Waals surface area (Å²) in [7, 11) is 0. The number of carbonyl (C=O) groups is 1. The van der Waals surface area contributed by atoms with Gasteiger partial charge < -0.3 is 5.32 Å². The molecule has 0 aliphatic rings. The highest BCUT2D eigenvalue weighted by Crippen LogP contribution is 2.23. The summed E-state index contributed by atoms with van der Waals surface area (Å²) in [5.41, 5.74) is 3.25. The van der Waals surface area contributed by atoms with Crippen LogP contribution in [0.15, 0.2) is 79.1 Å². The van der Waals surface area contributed by atoms with Crippen molar-refractivity contribution in [1.29, 1.82) is 0 Å². The van der Waals surface area contributed by atoms with Crippen LogP contribution in [0.3, 0.4) is 0 Å². The zero-order valence-corrected chi connectivity index (χ0v) is 15.2. The number of amides is 1. The van der Waals surface area contributed by atoms with Crippen LogP contribution < -0.4 is 5.32 Å². The minimum absolute atomic E-state index is 0.0676. The summed E-state index contributed by atoms with van der Waals surface area (Å²) in [4.78, 5) is 12.3. The van der Waals surface area contributed by atoms with Crippen LogP contribution in [-0.2, 0) is 6.54 Å². The lowest BCUT2D eigenvalue weighted by Crippen LogP contribution is -2.23. The molecule has 2 aromatic heterocycles. The van der Waals surface area contributed by atoms with Crippen molar-refractivity contribution in [1.82, 2.24) is 24.9 Å². The molecular weight excluding hydrogens is 376 g/mol. The molecule has 4 rings (SSSR count). The van der Waals surface area contributed by atoms with Crippen molar-refractivity contribution < 1.29 is 13.6 Å². The number of para-hydroxylation sites is 1. The van der Waals surface area contributed by atoms with Crippen LogP contribution in [0.4, 0.5) is 8.78 Å². The number of aromatic nitrogens is 4. The molecule has 0 spiro atoms. The number of hydrogen-bond acceptors (Lipinski definition) is 3. The number of benzene rings is 2. The first-order valence-electron chi connectivity index (χ1n) is 8.93. The topological polar surface area (TPSA) is 64.7 Å². The van der Waals surface area contributed by atoms with Gasteiger partial charge in [-0.25, -0.2) is 9.36 Å². The fourth-order valence-electron chi connectivity index (χ4n) is 2.92. The number of hydrogen-bond donors (Lipinski definition) is 1. The fourth-order valence-corrected chi connectivity index (χ4v) is 2.92. The van der Waals surface area contributed by atoms with Crippen LogP contribution in [0.2, 0.25) is 0 Å². The maximum Gasteiger partial charge on any atom is 0.333 e. The van der Waals surface area contributed by atoms with Crippen molar-refractivity contribution in [3.05, 3.63) is 90.4 Å². The molecule has 0 saturated heterocycles. The van der Waals surface area contributed by atoms with Gasteiger partial charge in [-0.1, -0.05) is 48.5 Å². The van der Waals surface area contributed by atoms with Gasteiger partial charge in [-0.15, -0.1) is 0 Å². The highest BCUT2D eigenvalue weighted by molar-refractivity contribution is 5.92. The molecule has 1 N–H and O–H groups in total. The number of halogens is 2. The second kappa shape index (κ2) is 8.05. The monoisotopic (exact) mass is 393 g/mol. The molecule has 146 valence electrons. The summed E-state index contributed by atoms with van der Waals surface area (Å²) in [6, 6.07) is 20.5. The van der Waals surface area contributed by atoms with E-state index in [1.54, 1.807) is 4.68 Å². The van der Waals surface area contributed by atoms with Gasteiger partial charge in [-0.05, 0) is 18.2 Å². The van der Waals surface area contributed by atoms with Crippen LogP contribution in [0.25, 0.3) is 16.9 Å². The van der Waals surface area contributed by atoms with Crippen molar-refractivity contribution in [3.8, 4) is 16.9 Å². The Morgan fingerprint density at radius 3 is 2.31 bits per heavy atom. The van der Waals surface area contributed by atoms with Gasteiger partial charge in [0.1, 0.15) is 5.69 Å². The Hall–Kier alpha value is -3.81. The quantitative estimate of drug-likeness (QED) is 0.537. The highest BCUT2D eigenvalue weighted by Gasteiger charge is 2.16. The molecule has 0 atom stereocenters. The van der Waals surface area contributed by atoms with E-state index in [0.29, 0.717) is 4.68 Å². The Morgan fingerprint density at radius 2 is 1.66 bits per heavy atom. The molecule has 0 radical (unpaired) electrons. The van der Waals surface area contributed by atoms with Crippen LogP contribution in [0, 0.1) is 0 Å². The standard InChI is InChI=1S/C21H17F2N5O/c22-21(23)27-12-11-18(25-27)20(29)24-13-16-14-28(17-9-5-2-6-10-17)26-19(16)15-7-3-1-4-8-15/h1-12,14,21H,13H2,(H,24,29). The molecule has 0 saturated carbocycles. The van der Waals surface area contributed by atoms with E-state index in [2.05, 4.69) is 15.5 Å². The summed E-state index contributed by atoms with van der Waals surface area (Å²) < 4.78 is 27.5. The summed E-state index contributed by atoms with van der Waals surface area (Å²) >= 11 is 0. The van der Waals surface area contributed by atoms with Gasteiger partial charge in [-0.3, -0.25) is 4.79 Å². The second-order valence-electron chi connectivity index (χ2n) is 6.29. The highest BCUT2D eigenvalue weighted by atomic mass is 19.3. The fraction of sp³-hybridized carbons (Fsp3) is 0.0952. The number of rotatable bonds is 6. The van der Waals surface area contributed by atoms with Crippen LogP contribution in [0.5, 0.6) is 0 Å². The van der Waals surface area contributed by atoms with Gasteiger partial charge in [0.25, 0.3) is 5.91 Å². The Labute approximate surface area is 165 Å². The Bertz CT molecular complexity index is 1110. The minimum atomic E-state index is -2.79. The lowest BCUT2D eigenvalue weighted by atomic mass is 10.1. The second-order valence-corrected chi connectivity index (χ2v) is 6.29. The van der Waals surface area contributed by atoms with Gasteiger partial charge in [-0.2, -0.15) is 19.0 Å². The first kappa shape index (κ1) is 18.5. The van der Waals surface area contributed by atoms with E-state index in [0.717, 1.165) is 28.7 Å². The Kier molecular flexibility index (Phi) is 5.15. The van der Waals surface area contributed by atoms with Gasteiger partial charge in [0.15, 0.2) is 0 Å². The van der Waals surface area contributed by atoms with Gasteiger partial charge in [0.05, 0.1) is 11.4 Å². The maximum absolute atomic E-state index is 12.7. The van der Waals surface area contributed by atoms with Crippen molar-refractivity contribution >= 4 is 5.91 Å². The molecule has 29 heavy (non-hydrogen) atoms. The van der Waals surface area contributed by atoms with Crippen molar-refractivity contribution in [2.24, 2.45) is 0 Å². The molecule has 2 heterocycles. The Balaban J connectivity index is 1.60. The number of alkyl halides is 2. The molecular formula is C21H17F2N5O. The molecule has 2 aromatic carbocycles. The molecule has 8 heteroatoms. The summed E-state index contributed by atoms with van der Waals surface area (Å²) in [6.07, 6.45) is 2.91. The molecule has 0 bridgehead atoms. The normalized spacial score (nSPS) is 11.0. The number of carbonyl (C=O) groups excluding carboxylic acids is 1. The van der Waals surface area contributed by atoms with Gasteiger partial charge >= 0.3 is 6.55 Å². The first-order chi connectivity index (χ1) is 14.1. The van der Waals surface area contributed by atoms with Gasteiger partial charge in [0, 0.05) is 30.1 Å². The van der Waals surface area contributed by atoms with E-state index in [-0.39, 0.29) is 12.2 Å². The largest absolute Gasteiger partial charge is 0.346 e. The average Bonchev–Trinajstić information content (AvgIpc) is 3.41. The van der Waals surface area contributed by atoms with E-state index in [1.165, 1.54) is 6.07 Å². The molecule has 1 amide bonds. The smallest absolute Gasteiger partial charge is 0.333 e. The maximum atomic E-state index is 12.7. The van der Waals surface area contributed by atoms with Crippen LogP contribution in [0.1, 0.15) is 22.6 Å². The summed E-state index contributed by atoms with van der Waals surface area (Å²) in [5, 5.41) is 11.0. The third-order valence-corrected chi connectivity index (χ3v) is 4.34. The van der Waals surface area contributed by atoms with E-state index < -0.39 is 12.5 Å². The predicted octanol–water partition coefficient (Wildman–Crippen LogP) is 4.06. The van der Waals surface area contributed by atoms with Crippen molar-refractivity contribution in [2.75, 3.05) is 0 Å². The molecule has 0 aliphatic carbocycles. The van der Waals surface area contributed by atoms with Crippen LogP contribution in [-0.4, -0.2) is 25.5 Å².